The van der Waals surface area contributed by atoms with E-state index in [0.717, 1.165) is 3.57 Å². The number of amides is 1. The Morgan fingerprint density at radius 3 is 1.70 bits per heavy atom. The van der Waals surface area contributed by atoms with Crippen molar-refractivity contribution in [3.8, 4) is 11.5 Å². The van der Waals surface area contributed by atoms with Crippen molar-refractivity contribution in [3.05, 3.63) is 87.5 Å². The van der Waals surface area contributed by atoms with Crippen molar-refractivity contribution in [1.82, 2.24) is 0 Å². The number of rotatable bonds is 10. The Kier molecular flexibility index (Phi) is 9.44. The Bertz CT molecular complexity index is 1290. The lowest BCUT2D eigenvalue weighted by atomic mass is 10.1. The molecule has 0 saturated carbocycles. The van der Waals surface area contributed by atoms with Crippen LogP contribution >= 0.6 is 22.6 Å². The summed E-state index contributed by atoms with van der Waals surface area (Å²) >= 11 is 2.08. The van der Waals surface area contributed by atoms with Crippen LogP contribution in [0.2, 0.25) is 0 Å². The van der Waals surface area contributed by atoms with Crippen molar-refractivity contribution in [2.45, 2.75) is 12.2 Å². The summed E-state index contributed by atoms with van der Waals surface area (Å²) in [5.41, 5.74) is 0.285. The first kappa shape index (κ1) is 27.5. The number of esters is 2. The number of carboxylic acid groups (broad SMARTS) is 1. The van der Waals surface area contributed by atoms with E-state index in [1.54, 1.807) is 36.4 Å². The van der Waals surface area contributed by atoms with E-state index in [0.29, 0.717) is 17.2 Å². The highest BCUT2D eigenvalue weighted by Gasteiger charge is 2.41. The normalized spacial score (nSPS) is 12.0. The minimum atomic E-state index is -2.17. The third-order valence-corrected chi connectivity index (χ3v) is 5.69. The molecule has 0 saturated heterocycles. The predicted octanol–water partition coefficient (Wildman–Crippen LogP) is 3.78. The smallest absolute Gasteiger partial charge is 0.349 e. The Morgan fingerprint density at radius 2 is 1.24 bits per heavy atom. The van der Waals surface area contributed by atoms with Gasteiger partial charge in [0.1, 0.15) is 11.5 Å². The fourth-order valence-electron chi connectivity index (χ4n) is 3.11. The van der Waals surface area contributed by atoms with Gasteiger partial charge in [0.2, 0.25) is 12.2 Å². The third kappa shape index (κ3) is 7.43. The Hall–Kier alpha value is -4.13. The van der Waals surface area contributed by atoms with Crippen molar-refractivity contribution >= 4 is 52.1 Å². The number of anilines is 1. The third-order valence-electron chi connectivity index (χ3n) is 4.97. The second-order valence-electron chi connectivity index (χ2n) is 7.45. The number of nitrogens with one attached hydrogen (secondary N) is 1. The van der Waals surface area contributed by atoms with Crippen molar-refractivity contribution in [2.75, 3.05) is 19.5 Å². The second kappa shape index (κ2) is 12.7. The van der Waals surface area contributed by atoms with Gasteiger partial charge in [0.25, 0.3) is 5.91 Å². The number of benzene rings is 3. The molecule has 37 heavy (non-hydrogen) atoms. The van der Waals surface area contributed by atoms with Crippen LogP contribution in [-0.4, -0.2) is 55.3 Å². The molecule has 0 aliphatic heterocycles. The van der Waals surface area contributed by atoms with Crippen LogP contribution < -0.4 is 14.8 Å². The molecule has 0 aliphatic carbocycles. The lowest BCUT2D eigenvalue weighted by molar-refractivity contribution is -0.157. The van der Waals surface area contributed by atoms with E-state index in [4.69, 9.17) is 18.9 Å². The molecule has 192 valence electrons. The first-order valence-corrected chi connectivity index (χ1v) is 11.8. The molecule has 0 unspecified atom stereocenters. The van der Waals surface area contributed by atoms with E-state index in [9.17, 15) is 24.3 Å². The molecule has 1 amide bonds. The number of ether oxygens (including phenoxy) is 4. The van der Waals surface area contributed by atoms with Gasteiger partial charge in [-0.2, -0.15) is 0 Å². The Labute approximate surface area is 225 Å². The van der Waals surface area contributed by atoms with Crippen LogP contribution in [0.3, 0.4) is 0 Å². The summed E-state index contributed by atoms with van der Waals surface area (Å²) < 4.78 is 21.5. The van der Waals surface area contributed by atoms with Crippen LogP contribution in [0, 0.1) is 3.57 Å². The van der Waals surface area contributed by atoms with Crippen molar-refractivity contribution in [2.24, 2.45) is 0 Å². The van der Waals surface area contributed by atoms with Gasteiger partial charge >= 0.3 is 17.9 Å². The first-order valence-electron chi connectivity index (χ1n) is 10.7. The van der Waals surface area contributed by atoms with Crippen molar-refractivity contribution in [1.29, 1.82) is 0 Å². The van der Waals surface area contributed by atoms with Gasteiger partial charge in [-0.15, -0.1) is 0 Å². The van der Waals surface area contributed by atoms with E-state index in [1.807, 2.05) is 0 Å². The lowest BCUT2D eigenvalue weighted by Gasteiger charge is -2.23. The SMILES string of the molecule is COc1cccc(C(=O)O[C@H](C(=O)O)[C@@H](OC(=O)c2cccc(OC)c2)C(=O)Nc2ccc(I)cc2)c1. The summed E-state index contributed by atoms with van der Waals surface area (Å²) in [5.74, 6) is -4.12. The van der Waals surface area contributed by atoms with Crippen molar-refractivity contribution in [3.63, 3.8) is 0 Å². The molecule has 11 heteroatoms. The van der Waals surface area contributed by atoms with Gasteiger partial charge in [-0.05, 0) is 83.3 Å². The van der Waals surface area contributed by atoms with Crippen LogP contribution in [0.1, 0.15) is 20.7 Å². The maximum atomic E-state index is 13.2. The van der Waals surface area contributed by atoms with E-state index in [2.05, 4.69) is 27.9 Å². The molecule has 2 atom stereocenters. The zero-order chi connectivity index (χ0) is 26.9. The number of aliphatic carboxylic acids is 1. The summed E-state index contributed by atoms with van der Waals surface area (Å²) in [4.78, 5) is 51.0. The summed E-state index contributed by atoms with van der Waals surface area (Å²) in [6, 6.07) is 18.3. The quantitative estimate of drug-likeness (QED) is 0.257. The Balaban J connectivity index is 1.92. The summed E-state index contributed by atoms with van der Waals surface area (Å²) in [6.45, 7) is 0. The maximum absolute atomic E-state index is 13.2. The molecule has 3 aromatic rings. The van der Waals surface area contributed by atoms with Crippen LogP contribution in [0.25, 0.3) is 0 Å². The number of carbonyl (C=O) groups excluding carboxylic acids is 3. The molecular weight excluding hydrogens is 597 g/mol. The molecule has 0 radical (unpaired) electrons. The molecule has 0 aliphatic rings. The zero-order valence-electron chi connectivity index (χ0n) is 19.7. The number of carbonyl (C=O) groups is 4. The highest BCUT2D eigenvalue weighted by Crippen LogP contribution is 2.20. The van der Waals surface area contributed by atoms with Gasteiger partial charge in [-0.1, -0.05) is 12.1 Å². The lowest BCUT2D eigenvalue weighted by Crippen LogP contribution is -2.48. The summed E-state index contributed by atoms with van der Waals surface area (Å²) in [7, 11) is 2.80. The Morgan fingerprint density at radius 1 is 0.757 bits per heavy atom. The van der Waals surface area contributed by atoms with Crippen LogP contribution in [0.5, 0.6) is 11.5 Å². The highest BCUT2D eigenvalue weighted by atomic mass is 127. The summed E-state index contributed by atoms with van der Waals surface area (Å²) in [6.07, 6.45) is -4.21. The molecule has 0 heterocycles. The maximum Gasteiger partial charge on any atom is 0.349 e. The zero-order valence-corrected chi connectivity index (χ0v) is 21.8. The molecule has 3 rings (SSSR count). The number of hydrogen-bond donors (Lipinski definition) is 2. The summed E-state index contributed by atoms with van der Waals surface area (Å²) in [5, 5.41) is 12.4. The van der Waals surface area contributed by atoms with Crippen LogP contribution in [-0.2, 0) is 19.1 Å². The molecule has 0 spiro atoms. The number of carboxylic acids is 1. The molecule has 0 bridgehead atoms. The van der Waals surface area contributed by atoms with Gasteiger partial charge in [-0.25, -0.2) is 14.4 Å². The van der Waals surface area contributed by atoms with Gasteiger partial charge in [0.05, 0.1) is 25.3 Å². The van der Waals surface area contributed by atoms with E-state index < -0.39 is 36.0 Å². The number of hydrogen-bond acceptors (Lipinski definition) is 8. The van der Waals surface area contributed by atoms with Gasteiger partial charge in [0, 0.05) is 9.26 Å². The van der Waals surface area contributed by atoms with E-state index in [-0.39, 0.29) is 11.1 Å². The molecule has 0 aromatic heterocycles. The number of halogens is 1. The monoisotopic (exact) mass is 619 g/mol. The minimum Gasteiger partial charge on any atom is -0.497 e. The molecule has 3 aromatic carbocycles. The topological polar surface area (TPSA) is 137 Å². The van der Waals surface area contributed by atoms with Crippen LogP contribution in [0.15, 0.2) is 72.8 Å². The molecule has 0 fully saturated rings. The average molecular weight is 619 g/mol. The first-order chi connectivity index (χ1) is 17.7. The fourth-order valence-corrected chi connectivity index (χ4v) is 3.47. The van der Waals surface area contributed by atoms with Gasteiger partial charge in [-0.3, -0.25) is 4.79 Å². The van der Waals surface area contributed by atoms with Crippen molar-refractivity contribution < 1.29 is 43.2 Å². The van der Waals surface area contributed by atoms with Gasteiger partial charge < -0.3 is 29.4 Å². The fraction of sp³-hybridized carbons (Fsp3) is 0.154. The second-order valence-corrected chi connectivity index (χ2v) is 8.70. The van der Waals surface area contributed by atoms with E-state index >= 15 is 0 Å². The molecule has 10 nitrogen and oxygen atoms in total. The predicted molar refractivity (Wildman–Crippen MR) is 140 cm³/mol. The minimum absolute atomic E-state index is 0.00493. The molecular formula is C26H22INO9. The number of methoxy groups -OCH3 is 2. The largest absolute Gasteiger partial charge is 0.497 e. The standard InChI is InChI=1S/C26H22INO9/c1-34-19-7-3-5-15(13-19)25(32)36-21(23(29)28-18-11-9-17(27)10-12-18)22(24(30)31)37-26(33)16-6-4-8-20(14-16)35-2/h3-14,21-22H,1-2H3,(H,28,29)(H,30,31)/t21-,22+/m1/s1. The molecule has 2 N–H and O–H groups in total. The van der Waals surface area contributed by atoms with Gasteiger partial charge in [0.15, 0.2) is 0 Å². The van der Waals surface area contributed by atoms with E-state index in [1.165, 1.54) is 50.6 Å². The average Bonchev–Trinajstić information content (AvgIpc) is 2.91. The highest BCUT2D eigenvalue weighted by molar-refractivity contribution is 14.1. The van der Waals surface area contributed by atoms with Crippen LogP contribution in [0.4, 0.5) is 5.69 Å².